The Bertz CT molecular complexity index is 370. The molecule has 1 aliphatic rings. The summed E-state index contributed by atoms with van der Waals surface area (Å²) in [5.74, 6) is 2.04. The molecule has 0 bridgehead atoms. The van der Waals surface area contributed by atoms with E-state index in [1.54, 1.807) is 7.11 Å². The monoisotopic (exact) mass is 238 g/mol. The molecule has 16 heavy (non-hydrogen) atoms. The van der Waals surface area contributed by atoms with E-state index in [2.05, 4.69) is 24.0 Å². The van der Waals surface area contributed by atoms with E-state index >= 15 is 0 Å². The highest BCUT2D eigenvalue weighted by molar-refractivity contribution is 7.99. The van der Waals surface area contributed by atoms with Gasteiger partial charge in [-0.3, -0.25) is 0 Å². The van der Waals surface area contributed by atoms with E-state index in [0.29, 0.717) is 12.6 Å². The standard InChI is InChI=1S/C12H18N2OS/c1-9-8-16-12-4-3-10(15-2)7-11(12)14(9)6-5-13/h3-4,7,9H,5-6,8,13H2,1-2H3. The highest BCUT2D eigenvalue weighted by Crippen LogP contribution is 2.39. The van der Waals surface area contributed by atoms with Gasteiger partial charge < -0.3 is 15.4 Å². The molecule has 1 aliphatic heterocycles. The van der Waals surface area contributed by atoms with E-state index in [-0.39, 0.29) is 0 Å². The fourth-order valence-electron chi connectivity index (χ4n) is 1.99. The lowest BCUT2D eigenvalue weighted by atomic mass is 10.2. The minimum absolute atomic E-state index is 0.535. The minimum atomic E-state index is 0.535. The predicted octanol–water partition coefficient (Wildman–Crippen LogP) is 1.95. The summed E-state index contributed by atoms with van der Waals surface area (Å²) in [5, 5.41) is 0. The number of hydrogen-bond donors (Lipinski definition) is 1. The zero-order chi connectivity index (χ0) is 11.5. The van der Waals surface area contributed by atoms with Gasteiger partial charge in [0.25, 0.3) is 0 Å². The zero-order valence-corrected chi connectivity index (χ0v) is 10.6. The Balaban J connectivity index is 2.35. The maximum Gasteiger partial charge on any atom is 0.121 e. The van der Waals surface area contributed by atoms with E-state index in [4.69, 9.17) is 10.5 Å². The van der Waals surface area contributed by atoms with Crippen LogP contribution in [-0.4, -0.2) is 32.0 Å². The maximum atomic E-state index is 5.67. The molecule has 0 saturated heterocycles. The molecule has 0 saturated carbocycles. The van der Waals surface area contributed by atoms with Gasteiger partial charge in [-0.15, -0.1) is 11.8 Å². The molecular weight excluding hydrogens is 220 g/mol. The van der Waals surface area contributed by atoms with Gasteiger partial charge in [0.2, 0.25) is 0 Å². The third-order valence-electron chi connectivity index (χ3n) is 2.86. The molecule has 1 unspecified atom stereocenters. The Morgan fingerprint density at radius 3 is 3.06 bits per heavy atom. The number of nitrogens with two attached hydrogens (primary N) is 1. The van der Waals surface area contributed by atoms with Gasteiger partial charge in [-0.25, -0.2) is 0 Å². The van der Waals surface area contributed by atoms with E-state index < -0.39 is 0 Å². The number of thioether (sulfide) groups is 1. The van der Waals surface area contributed by atoms with Crippen LogP contribution < -0.4 is 15.4 Å². The zero-order valence-electron chi connectivity index (χ0n) is 9.77. The average molecular weight is 238 g/mol. The van der Waals surface area contributed by atoms with Crippen molar-refractivity contribution in [3.8, 4) is 5.75 Å². The minimum Gasteiger partial charge on any atom is -0.497 e. The van der Waals surface area contributed by atoms with Crippen LogP contribution in [0.1, 0.15) is 6.92 Å². The quantitative estimate of drug-likeness (QED) is 0.873. The van der Waals surface area contributed by atoms with Gasteiger partial charge in [0.05, 0.1) is 12.8 Å². The van der Waals surface area contributed by atoms with E-state index in [9.17, 15) is 0 Å². The van der Waals surface area contributed by atoms with Gasteiger partial charge >= 0.3 is 0 Å². The first-order valence-corrected chi connectivity index (χ1v) is 6.52. The van der Waals surface area contributed by atoms with Crippen LogP contribution in [-0.2, 0) is 0 Å². The van der Waals surface area contributed by atoms with E-state index in [1.165, 1.54) is 10.6 Å². The number of anilines is 1. The Kier molecular flexibility index (Phi) is 3.61. The Morgan fingerprint density at radius 2 is 2.38 bits per heavy atom. The number of hydrogen-bond acceptors (Lipinski definition) is 4. The molecule has 0 aliphatic carbocycles. The molecule has 0 spiro atoms. The second-order valence-electron chi connectivity index (χ2n) is 3.98. The summed E-state index contributed by atoms with van der Waals surface area (Å²) in [4.78, 5) is 3.70. The number of methoxy groups -OCH3 is 1. The first kappa shape index (κ1) is 11.6. The summed E-state index contributed by atoms with van der Waals surface area (Å²) in [6, 6.07) is 6.79. The molecule has 1 heterocycles. The first-order valence-electron chi connectivity index (χ1n) is 5.54. The molecule has 0 radical (unpaired) electrons. The lowest BCUT2D eigenvalue weighted by molar-refractivity contribution is 0.414. The van der Waals surface area contributed by atoms with Crippen LogP contribution >= 0.6 is 11.8 Å². The van der Waals surface area contributed by atoms with Crippen molar-refractivity contribution in [1.29, 1.82) is 0 Å². The van der Waals surface area contributed by atoms with Crippen molar-refractivity contribution < 1.29 is 4.74 Å². The van der Waals surface area contributed by atoms with Crippen LogP contribution in [0.15, 0.2) is 23.1 Å². The molecule has 1 aromatic rings. The lowest BCUT2D eigenvalue weighted by Crippen LogP contribution is -2.40. The third kappa shape index (κ3) is 2.13. The summed E-state index contributed by atoms with van der Waals surface area (Å²) < 4.78 is 5.27. The van der Waals surface area contributed by atoms with Gasteiger partial charge in [-0.1, -0.05) is 0 Å². The molecule has 1 aromatic carbocycles. The Labute approximate surface area is 101 Å². The number of fused-ring (bicyclic) bond motifs is 1. The van der Waals surface area contributed by atoms with E-state index in [1.807, 2.05) is 17.8 Å². The van der Waals surface area contributed by atoms with Gasteiger partial charge in [-0.2, -0.15) is 0 Å². The molecule has 88 valence electrons. The van der Waals surface area contributed by atoms with Crippen LogP contribution in [0.5, 0.6) is 5.75 Å². The lowest BCUT2D eigenvalue weighted by Gasteiger charge is -2.36. The second-order valence-corrected chi connectivity index (χ2v) is 5.04. The largest absolute Gasteiger partial charge is 0.497 e. The average Bonchev–Trinajstić information content (AvgIpc) is 2.32. The van der Waals surface area contributed by atoms with Crippen molar-refractivity contribution in [3.05, 3.63) is 18.2 Å². The van der Waals surface area contributed by atoms with Crippen molar-refractivity contribution >= 4 is 17.4 Å². The smallest absolute Gasteiger partial charge is 0.121 e. The van der Waals surface area contributed by atoms with Crippen molar-refractivity contribution in [2.45, 2.75) is 17.9 Å². The molecule has 2 N–H and O–H groups in total. The van der Waals surface area contributed by atoms with Gasteiger partial charge in [0.15, 0.2) is 0 Å². The van der Waals surface area contributed by atoms with Crippen LogP contribution in [0, 0.1) is 0 Å². The number of rotatable bonds is 3. The predicted molar refractivity (Wildman–Crippen MR) is 69.6 cm³/mol. The van der Waals surface area contributed by atoms with Crippen LogP contribution in [0.25, 0.3) is 0 Å². The number of ether oxygens (including phenoxy) is 1. The molecule has 0 fully saturated rings. The highest BCUT2D eigenvalue weighted by atomic mass is 32.2. The number of benzene rings is 1. The number of nitrogens with zero attached hydrogens (tertiary/aromatic N) is 1. The van der Waals surface area contributed by atoms with E-state index in [0.717, 1.165) is 18.0 Å². The molecule has 1 atom stereocenters. The van der Waals surface area contributed by atoms with Crippen LogP contribution in [0.2, 0.25) is 0 Å². The molecule has 2 rings (SSSR count). The van der Waals surface area contributed by atoms with Crippen LogP contribution in [0.3, 0.4) is 0 Å². The van der Waals surface area contributed by atoms with Crippen molar-refractivity contribution in [3.63, 3.8) is 0 Å². The highest BCUT2D eigenvalue weighted by Gasteiger charge is 2.23. The van der Waals surface area contributed by atoms with Crippen molar-refractivity contribution in [1.82, 2.24) is 0 Å². The molecule has 3 nitrogen and oxygen atoms in total. The first-order chi connectivity index (χ1) is 7.76. The fourth-order valence-corrected chi connectivity index (χ4v) is 3.08. The van der Waals surface area contributed by atoms with Crippen LogP contribution in [0.4, 0.5) is 5.69 Å². The normalized spacial score (nSPS) is 19.4. The third-order valence-corrected chi connectivity index (χ3v) is 4.16. The molecule has 0 amide bonds. The molecule has 4 heteroatoms. The fraction of sp³-hybridized carbons (Fsp3) is 0.500. The Morgan fingerprint density at radius 1 is 1.56 bits per heavy atom. The summed E-state index contributed by atoms with van der Waals surface area (Å²) in [6.07, 6.45) is 0. The summed E-state index contributed by atoms with van der Waals surface area (Å²) in [7, 11) is 1.70. The SMILES string of the molecule is COc1ccc2c(c1)N(CCN)C(C)CS2. The summed E-state index contributed by atoms with van der Waals surface area (Å²) in [6.45, 7) is 3.83. The Hall–Kier alpha value is -0.870. The molecule has 0 aromatic heterocycles. The van der Waals surface area contributed by atoms with Crippen molar-refractivity contribution in [2.75, 3.05) is 30.9 Å². The topological polar surface area (TPSA) is 38.5 Å². The maximum absolute atomic E-state index is 5.67. The second kappa shape index (κ2) is 4.97. The summed E-state index contributed by atoms with van der Waals surface area (Å²) >= 11 is 1.91. The molecular formula is C12H18N2OS. The van der Waals surface area contributed by atoms with Crippen molar-refractivity contribution in [2.24, 2.45) is 5.73 Å². The van der Waals surface area contributed by atoms with Gasteiger partial charge in [0, 0.05) is 35.8 Å². The van der Waals surface area contributed by atoms with Gasteiger partial charge in [-0.05, 0) is 19.1 Å². The summed E-state index contributed by atoms with van der Waals surface area (Å²) in [5.41, 5.74) is 6.93. The van der Waals surface area contributed by atoms with Gasteiger partial charge in [0.1, 0.15) is 5.75 Å².